The molecule has 1 N–H and O–H groups in total. The maximum atomic E-state index is 11.8. The lowest BCUT2D eigenvalue weighted by Gasteiger charge is -2.08. The molecule has 5 nitrogen and oxygen atoms in total. The van der Waals surface area contributed by atoms with Crippen molar-refractivity contribution in [2.24, 2.45) is 0 Å². The van der Waals surface area contributed by atoms with E-state index in [2.05, 4.69) is 9.84 Å². The topological polar surface area (TPSA) is 64.4 Å². The van der Waals surface area contributed by atoms with Crippen molar-refractivity contribution in [1.29, 1.82) is 0 Å². The summed E-state index contributed by atoms with van der Waals surface area (Å²) in [5.74, 6) is -1.06. The van der Waals surface area contributed by atoms with Crippen LogP contribution in [0.25, 0.3) is 0 Å². The zero-order valence-corrected chi connectivity index (χ0v) is 10.6. The number of hydrogen-bond acceptors (Lipinski definition) is 3. The first-order valence-electron chi connectivity index (χ1n) is 5.64. The molecule has 0 aliphatic heterocycles. The largest absolute Gasteiger partial charge is 0.478 e. The number of hydrogen-bond donors (Lipinski definition) is 1. The van der Waals surface area contributed by atoms with Gasteiger partial charge in [-0.05, 0) is 20.3 Å². The summed E-state index contributed by atoms with van der Waals surface area (Å²) in [4.78, 5) is 10.9. The van der Waals surface area contributed by atoms with Gasteiger partial charge in [-0.25, -0.2) is 4.79 Å². The first-order valence-corrected chi connectivity index (χ1v) is 5.64. The molecule has 0 fully saturated rings. The molecule has 0 bridgehead atoms. The number of rotatable bonds is 6. The van der Waals surface area contributed by atoms with Crippen molar-refractivity contribution >= 4 is 5.97 Å². The molecule has 0 aromatic carbocycles. The fourth-order valence-corrected chi connectivity index (χ4v) is 1.73. The number of aryl methyl sites for hydroxylation is 2. The predicted octanol–water partition coefficient (Wildman–Crippen LogP) is 2.17. The van der Waals surface area contributed by atoms with E-state index in [1.165, 1.54) is 4.68 Å². The van der Waals surface area contributed by atoms with Crippen LogP contribution < -0.4 is 0 Å². The van der Waals surface area contributed by atoms with Crippen LogP contribution >= 0.6 is 0 Å². The summed E-state index contributed by atoms with van der Waals surface area (Å²) in [5, 5.41) is 13.0. The van der Waals surface area contributed by atoms with E-state index in [1.54, 1.807) is 13.8 Å². The quantitative estimate of drug-likeness (QED) is 0.811. The summed E-state index contributed by atoms with van der Waals surface area (Å²) in [6, 6.07) is 0. The maximum Gasteiger partial charge on any atom is 0.411 e. The third-order valence-electron chi connectivity index (χ3n) is 2.52. The minimum Gasteiger partial charge on any atom is -0.478 e. The Balaban J connectivity index is 2.47. The molecule has 0 atom stereocenters. The standard InChI is InChI=1S/C11H15F3N2O3/c1-7-9(10(17)18)8(2)16(15-7)4-3-5-19-6-11(12,13)14/h3-6H2,1-2H3,(H,17,18). The molecule has 0 aliphatic carbocycles. The van der Waals surface area contributed by atoms with Gasteiger partial charge in [-0.15, -0.1) is 0 Å². The van der Waals surface area contributed by atoms with Crippen molar-refractivity contribution in [3.8, 4) is 0 Å². The third-order valence-corrected chi connectivity index (χ3v) is 2.52. The Hall–Kier alpha value is -1.57. The van der Waals surface area contributed by atoms with Gasteiger partial charge in [0.15, 0.2) is 0 Å². The van der Waals surface area contributed by atoms with Crippen LogP contribution in [-0.4, -0.2) is 40.2 Å². The van der Waals surface area contributed by atoms with E-state index in [4.69, 9.17) is 5.11 Å². The Labute approximate surface area is 108 Å². The molecule has 19 heavy (non-hydrogen) atoms. The van der Waals surface area contributed by atoms with E-state index >= 15 is 0 Å². The summed E-state index contributed by atoms with van der Waals surface area (Å²) in [7, 11) is 0. The lowest BCUT2D eigenvalue weighted by Crippen LogP contribution is -2.18. The molecule has 0 saturated carbocycles. The highest BCUT2D eigenvalue weighted by atomic mass is 19.4. The summed E-state index contributed by atoms with van der Waals surface area (Å²) in [5.41, 5.74) is 1.01. The molecule has 0 radical (unpaired) electrons. The number of aromatic nitrogens is 2. The van der Waals surface area contributed by atoms with Crippen molar-refractivity contribution < 1.29 is 27.8 Å². The van der Waals surface area contributed by atoms with E-state index in [-0.39, 0.29) is 12.2 Å². The normalized spacial score (nSPS) is 11.8. The highest BCUT2D eigenvalue weighted by Gasteiger charge is 2.27. The van der Waals surface area contributed by atoms with Crippen LogP contribution in [0.2, 0.25) is 0 Å². The number of aromatic carboxylic acids is 1. The zero-order chi connectivity index (χ0) is 14.6. The van der Waals surface area contributed by atoms with Gasteiger partial charge in [-0.2, -0.15) is 18.3 Å². The first-order chi connectivity index (χ1) is 8.72. The van der Waals surface area contributed by atoms with Gasteiger partial charge >= 0.3 is 12.1 Å². The lowest BCUT2D eigenvalue weighted by molar-refractivity contribution is -0.174. The van der Waals surface area contributed by atoms with Gasteiger partial charge in [-0.3, -0.25) is 4.68 Å². The van der Waals surface area contributed by atoms with Crippen LogP contribution in [0.15, 0.2) is 0 Å². The van der Waals surface area contributed by atoms with E-state index < -0.39 is 18.8 Å². The maximum absolute atomic E-state index is 11.8. The van der Waals surface area contributed by atoms with Crippen molar-refractivity contribution in [2.45, 2.75) is 33.0 Å². The molecule has 0 unspecified atom stereocenters. The van der Waals surface area contributed by atoms with Crippen molar-refractivity contribution in [2.75, 3.05) is 13.2 Å². The minimum atomic E-state index is -4.32. The van der Waals surface area contributed by atoms with Crippen LogP contribution in [0.1, 0.15) is 28.2 Å². The Kier molecular flexibility index (Phi) is 4.93. The summed E-state index contributed by atoms with van der Waals surface area (Å²) in [6.07, 6.45) is -3.99. The van der Waals surface area contributed by atoms with Crippen LogP contribution in [0.4, 0.5) is 13.2 Å². The average Bonchev–Trinajstić information content (AvgIpc) is 2.51. The SMILES string of the molecule is Cc1nn(CCCOCC(F)(F)F)c(C)c1C(=O)O. The molecule has 1 aromatic rings. The van der Waals surface area contributed by atoms with Gasteiger partial charge in [0.25, 0.3) is 0 Å². The van der Waals surface area contributed by atoms with E-state index in [9.17, 15) is 18.0 Å². The first kappa shape index (κ1) is 15.5. The summed E-state index contributed by atoms with van der Waals surface area (Å²) < 4.78 is 41.4. The fourth-order valence-electron chi connectivity index (χ4n) is 1.73. The summed E-state index contributed by atoms with van der Waals surface area (Å²) in [6.45, 7) is 2.18. The van der Waals surface area contributed by atoms with Crippen LogP contribution in [-0.2, 0) is 11.3 Å². The zero-order valence-electron chi connectivity index (χ0n) is 10.6. The van der Waals surface area contributed by atoms with Crippen molar-refractivity contribution in [1.82, 2.24) is 9.78 Å². The van der Waals surface area contributed by atoms with E-state index in [0.717, 1.165) is 0 Å². The van der Waals surface area contributed by atoms with E-state index in [0.29, 0.717) is 24.4 Å². The van der Waals surface area contributed by atoms with Crippen LogP contribution in [0.3, 0.4) is 0 Å². The Morgan fingerprint density at radius 1 is 1.42 bits per heavy atom. The molecule has 0 amide bonds. The van der Waals surface area contributed by atoms with Crippen LogP contribution in [0, 0.1) is 13.8 Å². The Morgan fingerprint density at radius 2 is 2.05 bits per heavy atom. The number of carbonyl (C=O) groups is 1. The van der Waals surface area contributed by atoms with Crippen molar-refractivity contribution in [3.05, 3.63) is 17.0 Å². The molecule has 1 heterocycles. The highest BCUT2D eigenvalue weighted by Crippen LogP contribution is 2.15. The van der Waals surface area contributed by atoms with Gasteiger partial charge < -0.3 is 9.84 Å². The highest BCUT2D eigenvalue weighted by molar-refractivity contribution is 5.90. The second-order valence-corrected chi connectivity index (χ2v) is 4.10. The number of carboxylic acid groups (broad SMARTS) is 1. The monoisotopic (exact) mass is 280 g/mol. The number of nitrogens with zero attached hydrogens (tertiary/aromatic N) is 2. The Bertz CT molecular complexity index is 455. The fraction of sp³-hybridized carbons (Fsp3) is 0.636. The van der Waals surface area contributed by atoms with Gasteiger partial charge in [0.1, 0.15) is 12.2 Å². The number of alkyl halides is 3. The van der Waals surface area contributed by atoms with Crippen LogP contribution in [0.5, 0.6) is 0 Å². The molecule has 1 aromatic heterocycles. The average molecular weight is 280 g/mol. The minimum absolute atomic E-state index is 0.0553. The molecule has 1 rings (SSSR count). The molecule has 8 heteroatoms. The molecule has 0 spiro atoms. The second kappa shape index (κ2) is 6.05. The lowest BCUT2D eigenvalue weighted by atomic mass is 10.2. The number of halogens is 3. The second-order valence-electron chi connectivity index (χ2n) is 4.10. The predicted molar refractivity (Wildman–Crippen MR) is 60.2 cm³/mol. The molecule has 0 aliphatic rings. The van der Waals surface area contributed by atoms with Crippen molar-refractivity contribution in [3.63, 3.8) is 0 Å². The summed E-state index contributed by atoms with van der Waals surface area (Å²) >= 11 is 0. The van der Waals surface area contributed by atoms with Gasteiger partial charge in [0, 0.05) is 13.2 Å². The Morgan fingerprint density at radius 3 is 2.53 bits per heavy atom. The molecule has 108 valence electrons. The third kappa shape index (κ3) is 4.55. The smallest absolute Gasteiger partial charge is 0.411 e. The molecular formula is C11H15F3N2O3. The van der Waals surface area contributed by atoms with Gasteiger partial charge in [0.2, 0.25) is 0 Å². The van der Waals surface area contributed by atoms with E-state index in [1.807, 2.05) is 0 Å². The number of carboxylic acids is 1. The van der Waals surface area contributed by atoms with Gasteiger partial charge in [0.05, 0.1) is 11.4 Å². The van der Waals surface area contributed by atoms with Gasteiger partial charge in [-0.1, -0.05) is 0 Å². The molecule has 0 saturated heterocycles. The molecular weight excluding hydrogens is 265 g/mol. The number of ether oxygens (including phenoxy) is 1.